The summed E-state index contributed by atoms with van der Waals surface area (Å²) in [5.74, 6) is -4.07. The molecule has 3 fully saturated rings. The van der Waals surface area contributed by atoms with E-state index >= 15 is 0 Å². The zero-order valence-electron chi connectivity index (χ0n) is 42.2. The van der Waals surface area contributed by atoms with Crippen molar-refractivity contribution in [3.63, 3.8) is 0 Å². The lowest BCUT2D eigenvalue weighted by Gasteiger charge is -2.31. The van der Waals surface area contributed by atoms with Crippen LogP contribution in [0.1, 0.15) is 49.9 Å². The third-order valence-corrected chi connectivity index (χ3v) is 19.5. The molecule has 0 radical (unpaired) electrons. The Bertz CT molecular complexity index is 2820. The fourth-order valence-corrected chi connectivity index (χ4v) is 14.9. The predicted molar refractivity (Wildman–Crippen MR) is 278 cm³/mol. The molecule has 3 heterocycles. The van der Waals surface area contributed by atoms with Gasteiger partial charge in [0.15, 0.2) is 0 Å². The number of carbonyl (C=O) groups excluding carboxylic acids is 4. The predicted octanol–water partition coefficient (Wildman–Crippen LogP) is 4.79. The number of hydrogen-bond acceptors (Lipinski definition) is 18. The van der Waals surface area contributed by atoms with Gasteiger partial charge in [-0.2, -0.15) is 8.61 Å². The van der Waals surface area contributed by atoms with Crippen molar-refractivity contribution in [3.8, 4) is 11.5 Å². The van der Waals surface area contributed by atoms with Crippen LogP contribution < -0.4 is 20.1 Å². The van der Waals surface area contributed by atoms with Crippen molar-refractivity contribution in [2.24, 2.45) is 0 Å². The molecule has 2 amide bonds. The Hall–Kier alpha value is -6.26. The number of sulfonamides is 2. The molecule has 3 saturated heterocycles. The van der Waals surface area contributed by atoms with Crippen molar-refractivity contribution in [3.05, 3.63) is 119 Å². The molecule has 4 N–H and O–H groups in total. The highest BCUT2D eigenvalue weighted by Gasteiger charge is 2.53. The number of aryl methyl sites for hydroxylation is 2. The number of aliphatic carboxylic acids is 2. The second-order valence-corrected chi connectivity index (χ2v) is 26.2. The van der Waals surface area contributed by atoms with Crippen LogP contribution in [0.3, 0.4) is 0 Å². The zero-order chi connectivity index (χ0) is 55.3. The summed E-state index contributed by atoms with van der Waals surface area (Å²) in [5, 5.41) is 27.8. The van der Waals surface area contributed by atoms with E-state index in [2.05, 4.69) is 10.6 Å². The lowest BCUT2D eigenvalue weighted by Crippen LogP contribution is -2.56. The van der Waals surface area contributed by atoms with Gasteiger partial charge in [0.2, 0.25) is 31.9 Å². The van der Waals surface area contributed by atoms with E-state index in [-0.39, 0.29) is 72.1 Å². The van der Waals surface area contributed by atoms with Gasteiger partial charge in [-0.25, -0.2) is 36.0 Å². The molecule has 0 spiro atoms. The Labute approximate surface area is 448 Å². The molecular weight excluding hydrogens is 1070 g/mol. The number of rotatable bonds is 18. The van der Waals surface area contributed by atoms with Gasteiger partial charge in [0.05, 0.1) is 47.7 Å². The molecule has 0 saturated carbocycles. The molecule has 26 heteroatoms. The maximum Gasteiger partial charge on any atom is 0.533 e. The van der Waals surface area contributed by atoms with Crippen molar-refractivity contribution in [2.45, 2.75) is 97.8 Å². The van der Waals surface area contributed by atoms with Gasteiger partial charge in [0.25, 0.3) is 0 Å². The lowest BCUT2D eigenvalue weighted by molar-refractivity contribution is -0.195. The normalized spacial score (nSPS) is 19.9. The van der Waals surface area contributed by atoms with E-state index in [9.17, 15) is 55.8 Å². The average Bonchev–Trinajstić information content (AvgIpc) is 3.87. The Kier molecular flexibility index (Phi) is 17.8. The van der Waals surface area contributed by atoms with Gasteiger partial charge in [-0.05, 0) is 101 Å². The molecule has 408 valence electrons. The van der Waals surface area contributed by atoms with E-state index in [4.69, 9.17) is 19.1 Å². The average molecular weight is 1130 g/mol. The first-order valence-electron chi connectivity index (χ1n) is 23.7. The number of ether oxygens (including phenoxy) is 2. The lowest BCUT2D eigenvalue weighted by atomic mass is 10.0. The standard InChI is InChI=1S/C50H58N6O16S4/c1-31-7-19-37(20-8-31)75(65,66)55-29-73-49(3,4)41(55)43(57)51-39(45(59)60)27-33-11-15-35(16-12-33)69-47(63)71-53-23-25-54(26-24-53)72-48(64)70-36-17-13-34(14-18-36)28-40(46(61)62)52-44(58)42-50(5,6)74-30-56(42)76(67,68)38-21-9-32(2)10-22-38/h7-22,39-42H,23-30H2,1-6H3,(H,51,57)(H,52,58)(H,59,60)(H,61,62)/t39-,40-,41+,42+/m0/s1. The van der Waals surface area contributed by atoms with Gasteiger partial charge in [0, 0.05) is 22.3 Å². The second kappa shape index (κ2) is 23.5. The molecule has 7 rings (SSSR count). The van der Waals surface area contributed by atoms with E-state index < -0.39 is 89.8 Å². The van der Waals surface area contributed by atoms with Crippen molar-refractivity contribution >= 4 is 79.6 Å². The fraction of sp³-hybridized carbons (Fsp3) is 0.400. The molecule has 3 aliphatic rings. The highest BCUT2D eigenvalue weighted by molar-refractivity contribution is 8.02. The van der Waals surface area contributed by atoms with Crippen molar-refractivity contribution in [1.82, 2.24) is 29.4 Å². The summed E-state index contributed by atoms with van der Waals surface area (Å²) in [6.07, 6.45) is -2.50. The molecule has 4 atom stereocenters. The van der Waals surface area contributed by atoms with Gasteiger partial charge in [-0.3, -0.25) is 9.59 Å². The van der Waals surface area contributed by atoms with Crippen LogP contribution in [0.4, 0.5) is 9.59 Å². The van der Waals surface area contributed by atoms with Crippen LogP contribution in [0, 0.1) is 13.8 Å². The maximum absolute atomic E-state index is 13.7. The van der Waals surface area contributed by atoms with Gasteiger partial charge in [-0.15, -0.1) is 33.7 Å². The number of benzene rings is 4. The molecule has 0 bridgehead atoms. The van der Waals surface area contributed by atoms with Crippen molar-refractivity contribution in [1.29, 1.82) is 0 Å². The highest BCUT2D eigenvalue weighted by atomic mass is 32.2. The molecule has 0 aromatic heterocycles. The topological polar surface area (TPSA) is 285 Å². The van der Waals surface area contributed by atoms with Crippen LogP contribution in [-0.4, -0.2) is 153 Å². The Morgan fingerprint density at radius 1 is 0.553 bits per heavy atom. The van der Waals surface area contributed by atoms with E-state index in [0.717, 1.165) is 19.7 Å². The number of thioether (sulfide) groups is 2. The minimum Gasteiger partial charge on any atom is -0.480 e. The Balaban J connectivity index is 0.837. The monoisotopic (exact) mass is 1130 g/mol. The maximum atomic E-state index is 13.7. The Morgan fingerprint density at radius 3 is 1.17 bits per heavy atom. The first-order valence-corrected chi connectivity index (χ1v) is 28.6. The Morgan fingerprint density at radius 2 is 0.868 bits per heavy atom. The van der Waals surface area contributed by atoms with Gasteiger partial charge >= 0.3 is 24.2 Å². The number of hydroxylamine groups is 4. The second-order valence-electron chi connectivity index (χ2n) is 19.2. The first kappa shape index (κ1) is 57.4. The molecule has 76 heavy (non-hydrogen) atoms. The van der Waals surface area contributed by atoms with Gasteiger partial charge in [0.1, 0.15) is 35.7 Å². The van der Waals surface area contributed by atoms with E-state index in [0.29, 0.717) is 11.1 Å². The van der Waals surface area contributed by atoms with E-state index in [1.165, 1.54) is 106 Å². The number of nitrogens with zero attached hydrogens (tertiary/aromatic N) is 4. The molecular formula is C50H58N6O16S4. The number of carbonyl (C=O) groups is 6. The summed E-state index contributed by atoms with van der Waals surface area (Å²) >= 11 is 2.53. The fourth-order valence-electron chi connectivity index (χ4n) is 8.51. The summed E-state index contributed by atoms with van der Waals surface area (Å²) in [6.45, 7) is 10.9. The zero-order valence-corrected chi connectivity index (χ0v) is 45.5. The summed E-state index contributed by atoms with van der Waals surface area (Å²) in [6, 6.07) is 18.9. The van der Waals surface area contributed by atoms with Crippen LogP contribution in [0.2, 0.25) is 0 Å². The summed E-state index contributed by atoms with van der Waals surface area (Å²) in [7, 11) is -8.20. The van der Waals surface area contributed by atoms with Crippen LogP contribution in [0.5, 0.6) is 11.5 Å². The van der Waals surface area contributed by atoms with Crippen molar-refractivity contribution < 1.29 is 75.0 Å². The van der Waals surface area contributed by atoms with Crippen LogP contribution in [-0.2, 0) is 61.7 Å². The first-order chi connectivity index (χ1) is 35.7. The van der Waals surface area contributed by atoms with E-state index in [1.807, 2.05) is 13.8 Å². The van der Waals surface area contributed by atoms with Crippen molar-refractivity contribution in [2.75, 3.05) is 37.9 Å². The number of carboxylic acid groups (broad SMARTS) is 2. The number of amides is 2. The molecule has 3 aliphatic heterocycles. The minimum absolute atomic E-state index is 0.00520. The summed E-state index contributed by atoms with van der Waals surface area (Å²) in [4.78, 5) is 88.1. The number of piperazine rings is 1. The molecule has 4 aromatic carbocycles. The highest BCUT2D eigenvalue weighted by Crippen LogP contribution is 2.43. The summed E-state index contributed by atoms with van der Waals surface area (Å²) < 4.78 is 65.5. The smallest absolute Gasteiger partial charge is 0.480 e. The number of carboxylic acids is 2. The number of hydrogen-bond donors (Lipinski definition) is 4. The molecule has 22 nitrogen and oxygen atoms in total. The van der Waals surface area contributed by atoms with Gasteiger partial charge < -0.3 is 40.0 Å². The molecule has 0 unspecified atom stereocenters. The SMILES string of the molecule is Cc1ccc(S(=O)(=O)N2CSC(C)(C)[C@H]2C(=O)N[C@@H](Cc2ccc(OC(=O)ON3CCN(OC(=O)Oc4ccc(C[C@H](NC(=O)[C@H]5N(S(=O)(=O)c6ccc(C)cc6)CSC5(C)C)C(=O)O)cc4)CC3)cc2)C(=O)O)cc1. The van der Waals surface area contributed by atoms with Crippen LogP contribution >= 0.6 is 23.5 Å². The quantitative estimate of drug-likeness (QED) is 0.0769. The minimum atomic E-state index is -4.10. The largest absolute Gasteiger partial charge is 0.533 e. The van der Waals surface area contributed by atoms with Crippen LogP contribution in [0.25, 0.3) is 0 Å². The van der Waals surface area contributed by atoms with Gasteiger partial charge in [-0.1, -0.05) is 59.7 Å². The number of nitrogens with one attached hydrogen (secondary N) is 2. The third kappa shape index (κ3) is 13.8. The molecule has 0 aliphatic carbocycles. The van der Waals surface area contributed by atoms with Crippen LogP contribution in [0.15, 0.2) is 107 Å². The third-order valence-electron chi connectivity index (χ3n) is 12.7. The van der Waals surface area contributed by atoms with E-state index in [1.54, 1.807) is 52.0 Å². The summed E-state index contributed by atoms with van der Waals surface area (Å²) in [5.41, 5.74) is 2.64. The molecule has 4 aromatic rings.